The highest BCUT2D eigenvalue weighted by atomic mass is 16.1. The molecule has 122 valence electrons. The SMILES string of the molecule is CNC(=O)C1CCC(CNc2nc(C)ncc2C(C)C)CC1. The van der Waals surface area contributed by atoms with Crippen LogP contribution >= 0.6 is 0 Å². The molecule has 0 aliphatic heterocycles. The largest absolute Gasteiger partial charge is 0.369 e. The fraction of sp³-hybridized carbons (Fsp3) is 0.706. The van der Waals surface area contributed by atoms with E-state index in [1.165, 1.54) is 5.56 Å². The van der Waals surface area contributed by atoms with E-state index in [-0.39, 0.29) is 11.8 Å². The molecule has 0 saturated heterocycles. The Morgan fingerprint density at radius 1 is 1.32 bits per heavy atom. The highest BCUT2D eigenvalue weighted by Crippen LogP contribution is 2.29. The van der Waals surface area contributed by atoms with Crippen molar-refractivity contribution in [2.75, 3.05) is 18.9 Å². The summed E-state index contributed by atoms with van der Waals surface area (Å²) in [7, 11) is 1.72. The van der Waals surface area contributed by atoms with Crippen molar-refractivity contribution in [1.29, 1.82) is 0 Å². The van der Waals surface area contributed by atoms with E-state index in [4.69, 9.17) is 0 Å². The fourth-order valence-corrected chi connectivity index (χ4v) is 3.12. The van der Waals surface area contributed by atoms with E-state index < -0.39 is 0 Å². The van der Waals surface area contributed by atoms with Crippen molar-refractivity contribution in [2.45, 2.75) is 52.4 Å². The molecule has 1 aliphatic carbocycles. The maximum Gasteiger partial charge on any atom is 0.222 e. The molecule has 2 rings (SSSR count). The van der Waals surface area contributed by atoms with Crippen LogP contribution in [0.2, 0.25) is 0 Å². The van der Waals surface area contributed by atoms with Crippen molar-refractivity contribution in [3.8, 4) is 0 Å². The molecule has 0 radical (unpaired) electrons. The monoisotopic (exact) mass is 304 g/mol. The van der Waals surface area contributed by atoms with E-state index in [0.717, 1.165) is 43.9 Å². The lowest BCUT2D eigenvalue weighted by Crippen LogP contribution is -2.32. The van der Waals surface area contributed by atoms with Gasteiger partial charge in [-0.05, 0) is 44.4 Å². The Morgan fingerprint density at radius 3 is 2.59 bits per heavy atom. The topological polar surface area (TPSA) is 66.9 Å². The van der Waals surface area contributed by atoms with Crippen molar-refractivity contribution >= 4 is 11.7 Å². The summed E-state index contributed by atoms with van der Waals surface area (Å²) in [6.07, 6.45) is 6.12. The maximum absolute atomic E-state index is 11.7. The van der Waals surface area contributed by atoms with Gasteiger partial charge in [0.15, 0.2) is 0 Å². The van der Waals surface area contributed by atoms with E-state index in [1.54, 1.807) is 7.05 Å². The molecular formula is C17H28N4O. The number of hydrogen-bond donors (Lipinski definition) is 2. The first-order valence-electron chi connectivity index (χ1n) is 8.30. The van der Waals surface area contributed by atoms with Crippen LogP contribution in [0.4, 0.5) is 5.82 Å². The number of carbonyl (C=O) groups is 1. The van der Waals surface area contributed by atoms with E-state index in [9.17, 15) is 4.79 Å². The molecule has 1 heterocycles. The number of nitrogens with zero attached hydrogens (tertiary/aromatic N) is 2. The summed E-state index contributed by atoms with van der Waals surface area (Å²) in [6.45, 7) is 7.17. The summed E-state index contributed by atoms with van der Waals surface area (Å²) in [5.41, 5.74) is 1.17. The lowest BCUT2D eigenvalue weighted by atomic mass is 9.81. The Morgan fingerprint density at radius 2 is 2.00 bits per heavy atom. The molecule has 1 amide bonds. The zero-order chi connectivity index (χ0) is 16.1. The standard InChI is InChI=1S/C17H28N4O/c1-11(2)15-10-19-12(3)21-16(15)20-9-13-5-7-14(8-6-13)17(22)18-4/h10-11,13-14H,5-9H2,1-4H3,(H,18,22)(H,19,20,21). The molecule has 1 saturated carbocycles. The number of rotatable bonds is 5. The zero-order valence-electron chi connectivity index (χ0n) is 14.1. The number of aromatic nitrogens is 2. The maximum atomic E-state index is 11.7. The summed E-state index contributed by atoms with van der Waals surface area (Å²) in [5.74, 6) is 3.20. The first kappa shape index (κ1) is 16.7. The van der Waals surface area contributed by atoms with Crippen molar-refractivity contribution in [3.05, 3.63) is 17.6 Å². The minimum absolute atomic E-state index is 0.194. The van der Waals surface area contributed by atoms with Crippen molar-refractivity contribution < 1.29 is 4.79 Å². The predicted octanol–water partition coefficient (Wildman–Crippen LogP) is 2.87. The highest BCUT2D eigenvalue weighted by molar-refractivity contribution is 5.78. The Kier molecular flexibility index (Phi) is 5.75. The quantitative estimate of drug-likeness (QED) is 0.878. The van der Waals surface area contributed by atoms with Gasteiger partial charge in [0, 0.05) is 31.3 Å². The third-order valence-corrected chi connectivity index (χ3v) is 4.58. The van der Waals surface area contributed by atoms with Crippen LogP contribution in [-0.4, -0.2) is 29.5 Å². The molecule has 5 nitrogen and oxygen atoms in total. The summed E-state index contributed by atoms with van der Waals surface area (Å²) < 4.78 is 0. The second-order valence-corrected chi connectivity index (χ2v) is 6.59. The van der Waals surface area contributed by atoms with Crippen LogP contribution in [0.3, 0.4) is 0 Å². The molecule has 1 aromatic heterocycles. The highest BCUT2D eigenvalue weighted by Gasteiger charge is 2.25. The van der Waals surface area contributed by atoms with Crippen molar-refractivity contribution in [1.82, 2.24) is 15.3 Å². The zero-order valence-corrected chi connectivity index (χ0v) is 14.1. The van der Waals surface area contributed by atoms with Crippen LogP contribution in [0.5, 0.6) is 0 Å². The number of nitrogens with one attached hydrogen (secondary N) is 2. The lowest BCUT2D eigenvalue weighted by molar-refractivity contribution is -0.125. The van der Waals surface area contributed by atoms with Crippen LogP contribution in [0, 0.1) is 18.8 Å². The third-order valence-electron chi connectivity index (χ3n) is 4.58. The van der Waals surface area contributed by atoms with Gasteiger partial charge in [0.05, 0.1) is 0 Å². The average molecular weight is 304 g/mol. The van der Waals surface area contributed by atoms with Crippen molar-refractivity contribution in [3.63, 3.8) is 0 Å². The van der Waals surface area contributed by atoms with Gasteiger partial charge in [-0.2, -0.15) is 0 Å². The van der Waals surface area contributed by atoms with E-state index >= 15 is 0 Å². The molecule has 0 unspecified atom stereocenters. The molecule has 0 aromatic carbocycles. The number of anilines is 1. The van der Waals surface area contributed by atoms with Gasteiger partial charge in [0.2, 0.25) is 5.91 Å². The van der Waals surface area contributed by atoms with Gasteiger partial charge < -0.3 is 10.6 Å². The third kappa shape index (κ3) is 4.18. The van der Waals surface area contributed by atoms with Gasteiger partial charge in [-0.15, -0.1) is 0 Å². The van der Waals surface area contributed by atoms with E-state index in [2.05, 4.69) is 34.4 Å². The molecule has 2 N–H and O–H groups in total. The van der Waals surface area contributed by atoms with Gasteiger partial charge >= 0.3 is 0 Å². The first-order chi connectivity index (χ1) is 10.5. The second-order valence-electron chi connectivity index (χ2n) is 6.59. The Labute approximate surface area is 133 Å². The van der Waals surface area contributed by atoms with Crippen molar-refractivity contribution in [2.24, 2.45) is 11.8 Å². The fourth-order valence-electron chi connectivity index (χ4n) is 3.12. The Balaban J connectivity index is 1.89. The van der Waals surface area contributed by atoms with Gasteiger partial charge in [0.1, 0.15) is 11.6 Å². The van der Waals surface area contributed by atoms with E-state index in [1.807, 2.05) is 13.1 Å². The smallest absolute Gasteiger partial charge is 0.222 e. The molecule has 1 aliphatic rings. The number of aryl methyl sites for hydroxylation is 1. The van der Waals surface area contributed by atoms with Crippen LogP contribution in [0.1, 0.15) is 56.8 Å². The van der Waals surface area contributed by atoms with Crippen LogP contribution in [0.15, 0.2) is 6.20 Å². The summed E-state index contributed by atoms with van der Waals surface area (Å²) in [4.78, 5) is 20.5. The van der Waals surface area contributed by atoms with Crippen LogP contribution in [-0.2, 0) is 4.79 Å². The lowest BCUT2D eigenvalue weighted by Gasteiger charge is -2.28. The van der Waals surface area contributed by atoms with Gasteiger partial charge in [-0.25, -0.2) is 9.97 Å². The Bertz CT molecular complexity index is 507. The summed E-state index contributed by atoms with van der Waals surface area (Å²) in [5, 5.41) is 6.27. The molecular weight excluding hydrogens is 276 g/mol. The van der Waals surface area contributed by atoms with Crippen LogP contribution < -0.4 is 10.6 Å². The van der Waals surface area contributed by atoms with Gasteiger partial charge in [0.25, 0.3) is 0 Å². The minimum Gasteiger partial charge on any atom is -0.369 e. The number of hydrogen-bond acceptors (Lipinski definition) is 4. The van der Waals surface area contributed by atoms with E-state index in [0.29, 0.717) is 11.8 Å². The molecule has 0 bridgehead atoms. The number of carbonyl (C=O) groups excluding carboxylic acids is 1. The van der Waals surface area contributed by atoms with Gasteiger partial charge in [-0.3, -0.25) is 4.79 Å². The first-order valence-corrected chi connectivity index (χ1v) is 8.30. The molecule has 1 fully saturated rings. The molecule has 22 heavy (non-hydrogen) atoms. The van der Waals surface area contributed by atoms with Gasteiger partial charge in [-0.1, -0.05) is 13.8 Å². The molecule has 5 heteroatoms. The number of amides is 1. The summed E-state index contributed by atoms with van der Waals surface area (Å²) >= 11 is 0. The normalized spacial score (nSPS) is 21.7. The summed E-state index contributed by atoms with van der Waals surface area (Å²) in [6, 6.07) is 0. The molecule has 1 aromatic rings. The minimum atomic E-state index is 0.194. The Hall–Kier alpha value is -1.65. The molecule has 0 atom stereocenters. The second kappa shape index (κ2) is 7.56. The molecule has 0 spiro atoms. The van der Waals surface area contributed by atoms with Crippen LogP contribution in [0.25, 0.3) is 0 Å². The predicted molar refractivity (Wildman–Crippen MR) is 88.9 cm³/mol. The average Bonchev–Trinajstić information content (AvgIpc) is 2.52.